The Bertz CT molecular complexity index is 951. The molecule has 0 bridgehead atoms. The first-order valence-corrected chi connectivity index (χ1v) is 8.49. The summed E-state index contributed by atoms with van der Waals surface area (Å²) in [5, 5.41) is 0. The van der Waals surface area contributed by atoms with Crippen molar-refractivity contribution in [2.24, 2.45) is 0 Å². The van der Waals surface area contributed by atoms with Crippen LogP contribution < -0.4 is 0 Å². The number of hydrogen-bond donors (Lipinski definition) is 0. The van der Waals surface area contributed by atoms with E-state index in [1.54, 1.807) is 24.3 Å². The van der Waals surface area contributed by atoms with Gasteiger partial charge in [0.05, 0.1) is 5.92 Å². The third-order valence-corrected chi connectivity index (χ3v) is 4.84. The molecular weight excluding hydrogens is 324 g/mol. The minimum absolute atomic E-state index is 0.259. The summed E-state index contributed by atoms with van der Waals surface area (Å²) < 4.78 is 0. The molecule has 0 aliphatic heterocycles. The largest absolute Gasteiger partial charge is 0.297 e. The third-order valence-electron chi connectivity index (χ3n) is 4.84. The Kier molecular flexibility index (Phi) is 4.05. The summed E-state index contributed by atoms with van der Waals surface area (Å²) in [7, 11) is 0. The number of hydrogen-bond acceptors (Lipinski definition) is 3. The van der Waals surface area contributed by atoms with Gasteiger partial charge in [-0.05, 0) is 16.7 Å². The molecule has 0 amide bonds. The van der Waals surface area contributed by atoms with E-state index in [4.69, 9.17) is 0 Å². The molecule has 1 aliphatic carbocycles. The first-order valence-electron chi connectivity index (χ1n) is 8.49. The molecule has 0 aromatic heterocycles. The Labute approximate surface area is 151 Å². The molecule has 0 spiro atoms. The number of carbonyl (C=O) groups is 3. The van der Waals surface area contributed by atoms with Crippen LogP contribution >= 0.6 is 0 Å². The highest BCUT2D eigenvalue weighted by Gasteiger charge is 2.45. The van der Waals surface area contributed by atoms with Crippen LogP contribution in [0.5, 0.6) is 0 Å². The summed E-state index contributed by atoms with van der Waals surface area (Å²) in [5.74, 6) is -3.09. The van der Waals surface area contributed by atoms with Crippen molar-refractivity contribution in [3.8, 4) is 0 Å². The molecule has 1 aliphatic rings. The van der Waals surface area contributed by atoms with Gasteiger partial charge in [-0.2, -0.15) is 0 Å². The van der Waals surface area contributed by atoms with Crippen LogP contribution in [0.15, 0.2) is 84.9 Å². The van der Waals surface area contributed by atoms with Gasteiger partial charge in [0.2, 0.25) is 11.6 Å². The number of carbonyl (C=O) groups excluding carboxylic acids is 3. The predicted octanol–water partition coefficient (Wildman–Crippen LogP) is 3.94. The molecule has 1 unspecified atom stereocenters. The van der Waals surface area contributed by atoms with Crippen molar-refractivity contribution in [2.75, 3.05) is 0 Å². The monoisotopic (exact) mass is 340 g/mol. The molecule has 0 fully saturated rings. The molecule has 0 saturated heterocycles. The summed E-state index contributed by atoms with van der Waals surface area (Å²) in [5.41, 5.74) is 2.49. The molecule has 0 heterocycles. The molecule has 3 aromatic rings. The lowest BCUT2D eigenvalue weighted by Crippen LogP contribution is -2.26. The van der Waals surface area contributed by atoms with Crippen molar-refractivity contribution in [3.63, 3.8) is 0 Å². The lowest BCUT2D eigenvalue weighted by Gasteiger charge is -2.20. The number of rotatable bonds is 4. The molecule has 0 N–H and O–H groups in total. The molecule has 1 atom stereocenters. The van der Waals surface area contributed by atoms with Crippen molar-refractivity contribution in [3.05, 3.63) is 107 Å². The highest BCUT2D eigenvalue weighted by Crippen LogP contribution is 2.37. The van der Waals surface area contributed by atoms with Gasteiger partial charge in [-0.3, -0.25) is 14.4 Å². The second-order valence-corrected chi connectivity index (χ2v) is 6.37. The lowest BCUT2D eigenvalue weighted by atomic mass is 9.80. The zero-order valence-corrected chi connectivity index (χ0v) is 14.0. The van der Waals surface area contributed by atoms with Crippen LogP contribution in [0.2, 0.25) is 0 Å². The maximum absolute atomic E-state index is 13.5. The minimum atomic E-state index is -1.04. The van der Waals surface area contributed by atoms with Gasteiger partial charge in [0, 0.05) is 5.56 Å². The van der Waals surface area contributed by atoms with Gasteiger partial charge >= 0.3 is 0 Å². The molecule has 3 aromatic carbocycles. The fourth-order valence-electron chi connectivity index (χ4n) is 3.62. The second kappa shape index (κ2) is 6.52. The van der Waals surface area contributed by atoms with Gasteiger partial charge in [-0.25, -0.2) is 0 Å². The number of ketones is 3. The summed E-state index contributed by atoms with van der Waals surface area (Å²) in [6.07, 6.45) is 0. The van der Waals surface area contributed by atoms with Crippen molar-refractivity contribution < 1.29 is 14.4 Å². The normalized spacial score (nSPS) is 16.0. The van der Waals surface area contributed by atoms with E-state index in [0.717, 1.165) is 11.1 Å². The van der Waals surface area contributed by atoms with Crippen LogP contribution in [0, 0.1) is 0 Å². The number of Topliss-reactive ketones (excluding diaryl/α,β-unsaturated/α-hetero) is 3. The molecular formula is C23H16O3. The van der Waals surface area contributed by atoms with Crippen LogP contribution in [-0.2, 0) is 9.59 Å². The van der Waals surface area contributed by atoms with Crippen molar-refractivity contribution >= 4 is 17.3 Å². The quantitative estimate of drug-likeness (QED) is 0.534. The van der Waals surface area contributed by atoms with Crippen molar-refractivity contribution in [1.29, 1.82) is 0 Å². The molecule has 3 heteroatoms. The fourth-order valence-corrected chi connectivity index (χ4v) is 3.62. The van der Waals surface area contributed by atoms with Crippen LogP contribution in [0.3, 0.4) is 0 Å². The highest BCUT2D eigenvalue weighted by molar-refractivity contribution is 6.52. The summed E-state index contributed by atoms with van der Waals surface area (Å²) in [6, 6.07) is 25.5. The van der Waals surface area contributed by atoms with E-state index in [1.165, 1.54) is 0 Å². The topological polar surface area (TPSA) is 51.2 Å². The van der Waals surface area contributed by atoms with Gasteiger partial charge < -0.3 is 0 Å². The Morgan fingerprint density at radius 2 is 1.19 bits per heavy atom. The first kappa shape index (κ1) is 16.2. The fraction of sp³-hybridized carbons (Fsp3) is 0.0870. The summed E-state index contributed by atoms with van der Waals surface area (Å²) in [6.45, 7) is 0. The molecule has 3 nitrogen and oxygen atoms in total. The molecule has 0 radical (unpaired) electrons. The summed E-state index contributed by atoms with van der Waals surface area (Å²) in [4.78, 5) is 38.4. The molecule has 4 rings (SSSR count). The Balaban J connectivity index is 1.84. The molecule has 126 valence electrons. The van der Waals surface area contributed by atoms with E-state index in [9.17, 15) is 14.4 Å². The number of benzene rings is 3. The van der Waals surface area contributed by atoms with E-state index in [0.29, 0.717) is 11.1 Å². The van der Waals surface area contributed by atoms with Crippen LogP contribution in [0.1, 0.15) is 38.9 Å². The van der Waals surface area contributed by atoms with Crippen molar-refractivity contribution in [1.82, 2.24) is 0 Å². The Morgan fingerprint density at radius 3 is 1.77 bits per heavy atom. The van der Waals surface area contributed by atoms with Crippen molar-refractivity contribution in [2.45, 2.75) is 11.8 Å². The minimum Gasteiger partial charge on any atom is -0.297 e. The van der Waals surface area contributed by atoms with Crippen LogP contribution in [-0.4, -0.2) is 17.3 Å². The zero-order valence-electron chi connectivity index (χ0n) is 14.0. The molecule has 0 saturated carbocycles. The number of fused-ring (bicyclic) bond motifs is 1. The Morgan fingerprint density at radius 1 is 0.692 bits per heavy atom. The van der Waals surface area contributed by atoms with E-state index in [-0.39, 0.29) is 5.78 Å². The van der Waals surface area contributed by atoms with Gasteiger partial charge in [0.25, 0.3) is 0 Å². The Hall–Kier alpha value is -3.33. The average molecular weight is 340 g/mol. The van der Waals surface area contributed by atoms with Crippen LogP contribution in [0.4, 0.5) is 0 Å². The highest BCUT2D eigenvalue weighted by atomic mass is 16.2. The smallest absolute Gasteiger partial charge is 0.230 e. The third kappa shape index (κ3) is 2.58. The molecule has 26 heavy (non-hydrogen) atoms. The predicted molar refractivity (Wildman–Crippen MR) is 98.3 cm³/mol. The van der Waals surface area contributed by atoms with E-state index >= 15 is 0 Å². The van der Waals surface area contributed by atoms with Gasteiger partial charge in [0.15, 0.2) is 5.78 Å². The van der Waals surface area contributed by atoms with Gasteiger partial charge in [0.1, 0.15) is 5.92 Å². The maximum Gasteiger partial charge on any atom is 0.230 e. The zero-order chi connectivity index (χ0) is 18.1. The standard InChI is InChI=1S/C23H16O3/c24-21-18-14-8-7-13-17(18)20(23(21)26)22(25)19(15-9-3-1-4-10-15)16-11-5-2-6-12-16/h1-14,19-20H. The first-order chi connectivity index (χ1) is 12.7. The van der Waals surface area contributed by atoms with E-state index in [2.05, 4.69) is 0 Å². The van der Waals surface area contributed by atoms with Crippen LogP contribution in [0.25, 0.3) is 0 Å². The van der Waals surface area contributed by atoms with E-state index < -0.39 is 23.4 Å². The average Bonchev–Trinajstić information content (AvgIpc) is 2.94. The lowest BCUT2D eigenvalue weighted by molar-refractivity contribution is -0.127. The van der Waals surface area contributed by atoms with E-state index in [1.807, 2.05) is 60.7 Å². The summed E-state index contributed by atoms with van der Waals surface area (Å²) >= 11 is 0. The van der Waals surface area contributed by atoms with Gasteiger partial charge in [-0.1, -0.05) is 84.9 Å². The van der Waals surface area contributed by atoms with Gasteiger partial charge in [-0.15, -0.1) is 0 Å². The SMILES string of the molecule is O=C1C(=O)C(C(=O)C(c2ccccc2)c2ccccc2)c2ccccc21. The maximum atomic E-state index is 13.5. The second-order valence-electron chi connectivity index (χ2n) is 6.37.